The van der Waals surface area contributed by atoms with Crippen molar-refractivity contribution in [2.75, 3.05) is 43.1 Å². The first-order chi connectivity index (χ1) is 9.34. The zero-order chi connectivity index (χ0) is 14.9. The normalized spacial score (nSPS) is 20.4. The summed E-state index contributed by atoms with van der Waals surface area (Å²) in [6.45, 7) is 4.15. The van der Waals surface area contributed by atoms with Gasteiger partial charge in [-0.1, -0.05) is 0 Å². The second-order valence-electron chi connectivity index (χ2n) is 5.06. The van der Waals surface area contributed by atoms with Crippen LogP contribution in [0.25, 0.3) is 0 Å². The Bertz CT molecular complexity index is 583. The van der Waals surface area contributed by atoms with Crippen LogP contribution in [0.1, 0.15) is 6.92 Å². The van der Waals surface area contributed by atoms with Gasteiger partial charge in [0.15, 0.2) is 20.6 Å². The summed E-state index contributed by atoms with van der Waals surface area (Å²) >= 11 is 0. The molecule has 0 aromatic carbocycles. The van der Waals surface area contributed by atoms with Crippen LogP contribution in [0.15, 0.2) is 4.90 Å². The Morgan fingerprint density at radius 3 is 2.80 bits per heavy atom. The highest BCUT2D eigenvalue weighted by molar-refractivity contribution is 7.91. The fraction of sp³-hybridized carbons (Fsp3) is 0.727. The molecule has 20 heavy (non-hydrogen) atoms. The van der Waals surface area contributed by atoms with E-state index in [0.29, 0.717) is 18.9 Å². The highest BCUT2D eigenvalue weighted by Gasteiger charge is 2.29. The van der Waals surface area contributed by atoms with Gasteiger partial charge in [-0.2, -0.15) is 5.10 Å². The SMILES string of the molecule is CC1CN(c2nn(CCO)c(N)c2S(C)(=O)=O)CCN1. The van der Waals surface area contributed by atoms with Crippen LogP contribution >= 0.6 is 0 Å². The molecule has 1 saturated heterocycles. The minimum atomic E-state index is -3.48. The van der Waals surface area contributed by atoms with Crippen molar-refractivity contribution in [3.05, 3.63) is 0 Å². The Hall–Kier alpha value is -1.32. The number of hydrogen-bond donors (Lipinski definition) is 3. The molecule has 1 aliphatic heterocycles. The minimum Gasteiger partial charge on any atom is -0.394 e. The summed E-state index contributed by atoms with van der Waals surface area (Å²) in [5.74, 6) is 0.467. The van der Waals surface area contributed by atoms with Gasteiger partial charge < -0.3 is 21.1 Å². The van der Waals surface area contributed by atoms with E-state index >= 15 is 0 Å². The maximum atomic E-state index is 12.0. The molecule has 0 radical (unpaired) electrons. The van der Waals surface area contributed by atoms with Gasteiger partial charge in [0.1, 0.15) is 5.82 Å². The monoisotopic (exact) mass is 303 g/mol. The number of aliphatic hydroxyl groups excluding tert-OH is 1. The standard InChI is InChI=1S/C11H21N5O3S/c1-8-7-15(4-3-13-8)11-9(20(2,18)19)10(12)16(14-11)5-6-17/h8,13,17H,3-7,12H2,1-2H3. The summed E-state index contributed by atoms with van der Waals surface area (Å²) in [6.07, 6.45) is 1.12. The zero-order valence-electron chi connectivity index (χ0n) is 11.7. The summed E-state index contributed by atoms with van der Waals surface area (Å²) in [5, 5.41) is 16.6. The van der Waals surface area contributed by atoms with Crippen molar-refractivity contribution in [3.63, 3.8) is 0 Å². The van der Waals surface area contributed by atoms with Crippen molar-refractivity contribution in [1.29, 1.82) is 0 Å². The molecule has 8 nitrogen and oxygen atoms in total. The number of aliphatic hydroxyl groups is 1. The predicted octanol–water partition coefficient (Wildman–Crippen LogP) is -1.34. The van der Waals surface area contributed by atoms with E-state index in [1.165, 1.54) is 4.68 Å². The van der Waals surface area contributed by atoms with Crippen LogP contribution in [0.3, 0.4) is 0 Å². The lowest BCUT2D eigenvalue weighted by Gasteiger charge is -2.32. The van der Waals surface area contributed by atoms with Gasteiger partial charge in [-0.25, -0.2) is 13.1 Å². The molecule has 2 rings (SSSR count). The summed E-state index contributed by atoms with van der Waals surface area (Å²) in [5.41, 5.74) is 5.89. The van der Waals surface area contributed by atoms with Crippen LogP contribution in [0.5, 0.6) is 0 Å². The van der Waals surface area contributed by atoms with Crippen LogP contribution in [0.2, 0.25) is 0 Å². The quantitative estimate of drug-likeness (QED) is 0.631. The molecule has 1 atom stereocenters. The van der Waals surface area contributed by atoms with E-state index in [9.17, 15) is 8.42 Å². The maximum Gasteiger partial charge on any atom is 0.182 e. The van der Waals surface area contributed by atoms with Gasteiger partial charge in [-0.15, -0.1) is 0 Å². The molecular formula is C11H21N5O3S. The van der Waals surface area contributed by atoms with Crippen LogP contribution in [-0.4, -0.2) is 61.8 Å². The molecule has 9 heteroatoms. The second kappa shape index (κ2) is 5.58. The van der Waals surface area contributed by atoms with Crippen molar-refractivity contribution in [3.8, 4) is 0 Å². The van der Waals surface area contributed by atoms with Gasteiger partial charge in [0.05, 0.1) is 13.2 Å². The predicted molar refractivity (Wildman–Crippen MR) is 76.5 cm³/mol. The maximum absolute atomic E-state index is 12.0. The molecule has 1 fully saturated rings. The molecule has 1 aliphatic rings. The third-order valence-corrected chi connectivity index (χ3v) is 4.41. The van der Waals surface area contributed by atoms with Gasteiger partial charge in [0.2, 0.25) is 0 Å². The van der Waals surface area contributed by atoms with Gasteiger partial charge in [-0.3, -0.25) is 0 Å². The molecule has 114 valence electrons. The lowest BCUT2D eigenvalue weighted by atomic mass is 10.2. The van der Waals surface area contributed by atoms with Gasteiger partial charge >= 0.3 is 0 Å². The highest BCUT2D eigenvalue weighted by Crippen LogP contribution is 2.30. The Kier molecular flexibility index (Phi) is 4.21. The molecule has 4 N–H and O–H groups in total. The topological polar surface area (TPSA) is 113 Å². The van der Waals surface area contributed by atoms with Crippen molar-refractivity contribution < 1.29 is 13.5 Å². The number of aromatic nitrogens is 2. The zero-order valence-corrected chi connectivity index (χ0v) is 12.5. The van der Waals surface area contributed by atoms with Crippen LogP contribution < -0.4 is 16.0 Å². The van der Waals surface area contributed by atoms with E-state index in [1.807, 2.05) is 11.8 Å². The Morgan fingerprint density at radius 1 is 1.55 bits per heavy atom. The fourth-order valence-electron chi connectivity index (χ4n) is 2.40. The van der Waals surface area contributed by atoms with E-state index < -0.39 is 9.84 Å². The van der Waals surface area contributed by atoms with Gasteiger partial charge in [0, 0.05) is 31.9 Å². The summed E-state index contributed by atoms with van der Waals surface area (Å²) in [4.78, 5) is 1.97. The van der Waals surface area contributed by atoms with E-state index in [2.05, 4.69) is 10.4 Å². The largest absolute Gasteiger partial charge is 0.394 e. The van der Waals surface area contributed by atoms with Crippen molar-refractivity contribution in [2.45, 2.75) is 24.4 Å². The smallest absolute Gasteiger partial charge is 0.182 e. The molecule has 2 heterocycles. The van der Waals surface area contributed by atoms with E-state index in [-0.39, 0.29) is 29.9 Å². The second-order valence-corrected chi connectivity index (χ2v) is 7.01. The Balaban J connectivity index is 2.48. The molecule has 1 aromatic heterocycles. The molecule has 1 unspecified atom stereocenters. The first-order valence-electron chi connectivity index (χ1n) is 6.50. The van der Waals surface area contributed by atoms with Gasteiger partial charge in [0.25, 0.3) is 0 Å². The third-order valence-electron chi connectivity index (χ3n) is 3.28. The number of piperazine rings is 1. The van der Waals surface area contributed by atoms with Crippen molar-refractivity contribution >= 4 is 21.5 Å². The van der Waals surface area contributed by atoms with Crippen LogP contribution in [0.4, 0.5) is 11.6 Å². The number of nitrogen functional groups attached to an aromatic ring is 1. The molecular weight excluding hydrogens is 282 g/mol. The molecule has 0 bridgehead atoms. The first-order valence-corrected chi connectivity index (χ1v) is 8.39. The summed E-state index contributed by atoms with van der Waals surface area (Å²) < 4.78 is 25.3. The molecule has 0 amide bonds. The number of sulfone groups is 1. The number of hydrogen-bond acceptors (Lipinski definition) is 7. The average Bonchev–Trinajstić information content (AvgIpc) is 2.67. The van der Waals surface area contributed by atoms with E-state index in [4.69, 9.17) is 10.8 Å². The van der Waals surface area contributed by atoms with Crippen LogP contribution in [0, 0.1) is 0 Å². The van der Waals surface area contributed by atoms with E-state index in [0.717, 1.165) is 12.8 Å². The third kappa shape index (κ3) is 2.89. The van der Waals surface area contributed by atoms with E-state index in [1.54, 1.807) is 0 Å². The Morgan fingerprint density at radius 2 is 2.25 bits per heavy atom. The number of rotatable bonds is 4. The summed E-state index contributed by atoms with van der Waals surface area (Å²) in [7, 11) is -3.48. The molecule has 0 saturated carbocycles. The molecule has 0 aliphatic carbocycles. The van der Waals surface area contributed by atoms with Crippen molar-refractivity contribution in [2.24, 2.45) is 0 Å². The highest BCUT2D eigenvalue weighted by atomic mass is 32.2. The number of nitrogens with one attached hydrogen (secondary N) is 1. The molecule has 0 spiro atoms. The lowest BCUT2D eigenvalue weighted by molar-refractivity contribution is 0.270. The van der Waals surface area contributed by atoms with Crippen molar-refractivity contribution in [1.82, 2.24) is 15.1 Å². The number of nitrogens with zero attached hydrogens (tertiary/aromatic N) is 3. The van der Waals surface area contributed by atoms with Crippen LogP contribution in [-0.2, 0) is 16.4 Å². The Labute approximate surface area is 118 Å². The minimum absolute atomic E-state index is 0.0556. The number of nitrogens with two attached hydrogens (primary N) is 1. The first kappa shape index (κ1) is 15.1. The molecule has 1 aromatic rings. The van der Waals surface area contributed by atoms with Gasteiger partial charge in [-0.05, 0) is 6.92 Å². The fourth-order valence-corrected chi connectivity index (χ4v) is 3.38. The average molecular weight is 303 g/mol. The summed E-state index contributed by atoms with van der Waals surface area (Å²) in [6, 6.07) is 0.250. The lowest BCUT2D eigenvalue weighted by Crippen LogP contribution is -2.49. The number of anilines is 2.